The van der Waals surface area contributed by atoms with Crippen molar-refractivity contribution in [2.75, 3.05) is 12.4 Å². The van der Waals surface area contributed by atoms with Crippen LogP contribution in [0.15, 0.2) is 0 Å². The molecule has 2 nitrogen and oxygen atoms in total. The Morgan fingerprint density at radius 1 is 1.50 bits per heavy atom. The Morgan fingerprint density at radius 2 is 2.07 bits per heavy atom. The molecule has 1 N–H and O–H groups in total. The van der Waals surface area contributed by atoms with E-state index in [0.29, 0.717) is 11.8 Å². The van der Waals surface area contributed by atoms with Gasteiger partial charge in [-0.1, -0.05) is 27.7 Å². The Hall–Kier alpha value is -0.240. The van der Waals surface area contributed by atoms with E-state index in [1.807, 2.05) is 20.8 Å². The van der Waals surface area contributed by atoms with Crippen molar-refractivity contribution in [2.45, 2.75) is 40.5 Å². The number of amides is 1. The molecule has 0 bridgehead atoms. The van der Waals surface area contributed by atoms with Gasteiger partial charge in [0, 0.05) is 17.8 Å². The van der Waals surface area contributed by atoms with Gasteiger partial charge in [-0.2, -0.15) is 0 Å². The fourth-order valence-electron chi connectivity index (χ4n) is 0.955. The molecule has 1 unspecified atom stereocenters. The molecular formula is C11H22ClNO. The molecule has 0 spiro atoms. The number of nitrogens with one attached hydrogen (secondary N) is 1. The van der Waals surface area contributed by atoms with Crippen LogP contribution in [0.4, 0.5) is 0 Å². The van der Waals surface area contributed by atoms with E-state index < -0.39 is 0 Å². The molecule has 84 valence electrons. The summed E-state index contributed by atoms with van der Waals surface area (Å²) >= 11 is 5.62. The molecule has 0 aromatic carbocycles. The van der Waals surface area contributed by atoms with Gasteiger partial charge in [0.05, 0.1) is 0 Å². The molecule has 0 aliphatic heterocycles. The van der Waals surface area contributed by atoms with Crippen LogP contribution < -0.4 is 5.32 Å². The third-order valence-corrected chi connectivity index (χ3v) is 2.93. The second-order valence-electron chi connectivity index (χ2n) is 4.53. The van der Waals surface area contributed by atoms with Crippen molar-refractivity contribution in [2.24, 2.45) is 11.3 Å². The van der Waals surface area contributed by atoms with Crippen LogP contribution in [0, 0.1) is 11.3 Å². The van der Waals surface area contributed by atoms with Crippen LogP contribution >= 0.6 is 11.6 Å². The molecule has 0 radical (unpaired) electrons. The maximum atomic E-state index is 11.7. The lowest BCUT2D eigenvalue weighted by molar-refractivity contribution is -0.129. The Morgan fingerprint density at radius 3 is 2.50 bits per heavy atom. The quantitative estimate of drug-likeness (QED) is 0.684. The van der Waals surface area contributed by atoms with Crippen molar-refractivity contribution < 1.29 is 4.79 Å². The fourth-order valence-corrected chi connectivity index (χ4v) is 1.33. The first-order valence-electron chi connectivity index (χ1n) is 5.28. The zero-order valence-electron chi connectivity index (χ0n) is 9.69. The van der Waals surface area contributed by atoms with Gasteiger partial charge in [-0.3, -0.25) is 4.79 Å². The largest absolute Gasteiger partial charge is 0.355 e. The summed E-state index contributed by atoms with van der Waals surface area (Å²) in [5.41, 5.74) is -0.249. The minimum atomic E-state index is -0.249. The summed E-state index contributed by atoms with van der Waals surface area (Å²) in [6.45, 7) is 8.79. The first-order valence-corrected chi connectivity index (χ1v) is 5.81. The standard InChI is InChI=1S/C11H22ClNO/c1-5-11(3,4)10(14)13-8-9(2)6-7-12/h9H,5-8H2,1-4H3,(H,13,14). The summed E-state index contributed by atoms with van der Waals surface area (Å²) < 4.78 is 0. The third-order valence-electron chi connectivity index (χ3n) is 2.71. The number of hydrogen-bond acceptors (Lipinski definition) is 1. The van der Waals surface area contributed by atoms with Gasteiger partial charge in [-0.15, -0.1) is 11.6 Å². The Bertz CT molecular complexity index is 180. The smallest absolute Gasteiger partial charge is 0.225 e. The highest BCUT2D eigenvalue weighted by molar-refractivity contribution is 6.17. The maximum Gasteiger partial charge on any atom is 0.225 e. The van der Waals surface area contributed by atoms with Gasteiger partial charge in [0.25, 0.3) is 0 Å². The average Bonchev–Trinajstić information content (AvgIpc) is 2.14. The van der Waals surface area contributed by atoms with Crippen molar-refractivity contribution in [1.29, 1.82) is 0 Å². The summed E-state index contributed by atoms with van der Waals surface area (Å²) in [7, 11) is 0. The lowest BCUT2D eigenvalue weighted by Crippen LogP contribution is -2.38. The SMILES string of the molecule is CCC(C)(C)C(=O)NCC(C)CCCl. The van der Waals surface area contributed by atoms with Gasteiger partial charge in [0.2, 0.25) is 5.91 Å². The average molecular weight is 220 g/mol. The second kappa shape index (κ2) is 6.28. The minimum Gasteiger partial charge on any atom is -0.355 e. The topological polar surface area (TPSA) is 29.1 Å². The predicted octanol–water partition coefficient (Wildman–Crippen LogP) is 2.80. The van der Waals surface area contributed by atoms with Crippen LogP contribution in [0.5, 0.6) is 0 Å². The van der Waals surface area contributed by atoms with E-state index in [2.05, 4.69) is 12.2 Å². The molecule has 0 aliphatic rings. The summed E-state index contributed by atoms with van der Waals surface area (Å²) in [5, 5.41) is 2.96. The van der Waals surface area contributed by atoms with E-state index in [1.54, 1.807) is 0 Å². The van der Waals surface area contributed by atoms with Crippen LogP contribution in [0.25, 0.3) is 0 Å². The maximum absolute atomic E-state index is 11.7. The van der Waals surface area contributed by atoms with Crippen molar-refractivity contribution in [3.05, 3.63) is 0 Å². The van der Waals surface area contributed by atoms with Crippen LogP contribution in [0.2, 0.25) is 0 Å². The van der Waals surface area contributed by atoms with Crippen molar-refractivity contribution in [1.82, 2.24) is 5.32 Å². The van der Waals surface area contributed by atoms with E-state index in [9.17, 15) is 4.79 Å². The highest BCUT2D eigenvalue weighted by Gasteiger charge is 2.24. The molecule has 0 saturated heterocycles. The zero-order chi connectivity index (χ0) is 11.2. The van der Waals surface area contributed by atoms with Crippen LogP contribution in [-0.4, -0.2) is 18.3 Å². The molecule has 0 aliphatic carbocycles. The molecule has 0 saturated carbocycles. The fraction of sp³-hybridized carbons (Fsp3) is 0.909. The van der Waals surface area contributed by atoms with E-state index >= 15 is 0 Å². The molecule has 0 rings (SSSR count). The Labute approximate surface area is 92.4 Å². The number of hydrogen-bond donors (Lipinski definition) is 1. The van der Waals surface area contributed by atoms with Crippen LogP contribution in [0.1, 0.15) is 40.5 Å². The number of carbonyl (C=O) groups excluding carboxylic acids is 1. The highest BCUT2D eigenvalue weighted by Crippen LogP contribution is 2.19. The number of carbonyl (C=O) groups is 1. The number of halogens is 1. The lowest BCUT2D eigenvalue weighted by atomic mass is 9.89. The van der Waals surface area contributed by atoms with Gasteiger partial charge >= 0.3 is 0 Å². The van der Waals surface area contributed by atoms with Crippen LogP contribution in [0.3, 0.4) is 0 Å². The van der Waals surface area contributed by atoms with E-state index in [4.69, 9.17) is 11.6 Å². The van der Waals surface area contributed by atoms with E-state index in [-0.39, 0.29) is 11.3 Å². The van der Waals surface area contributed by atoms with Gasteiger partial charge in [-0.25, -0.2) is 0 Å². The second-order valence-corrected chi connectivity index (χ2v) is 4.91. The molecule has 14 heavy (non-hydrogen) atoms. The van der Waals surface area contributed by atoms with Gasteiger partial charge in [0.15, 0.2) is 0 Å². The highest BCUT2D eigenvalue weighted by atomic mass is 35.5. The van der Waals surface area contributed by atoms with Gasteiger partial charge < -0.3 is 5.32 Å². The molecule has 0 aromatic rings. The summed E-state index contributed by atoms with van der Waals surface area (Å²) in [6, 6.07) is 0. The monoisotopic (exact) mass is 219 g/mol. The first-order chi connectivity index (χ1) is 6.44. The third kappa shape index (κ3) is 4.85. The van der Waals surface area contributed by atoms with Gasteiger partial charge in [-0.05, 0) is 18.8 Å². The predicted molar refractivity (Wildman–Crippen MR) is 61.6 cm³/mol. The summed E-state index contributed by atoms with van der Waals surface area (Å²) in [6.07, 6.45) is 1.82. The van der Waals surface area contributed by atoms with Gasteiger partial charge in [0.1, 0.15) is 0 Å². The number of rotatable bonds is 6. The molecule has 3 heteroatoms. The molecule has 1 amide bonds. The molecule has 1 atom stereocenters. The summed E-state index contributed by atoms with van der Waals surface area (Å²) in [5.74, 6) is 1.26. The van der Waals surface area contributed by atoms with Crippen molar-refractivity contribution >= 4 is 17.5 Å². The molecular weight excluding hydrogens is 198 g/mol. The first kappa shape index (κ1) is 13.8. The molecule has 0 heterocycles. The Kier molecular flexibility index (Phi) is 6.17. The summed E-state index contributed by atoms with van der Waals surface area (Å²) in [4.78, 5) is 11.7. The Balaban J connectivity index is 3.85. The molecule has 0 fully saturated rings. The minimum absolute atomic E-state index is 0.140. The number of alkyl halides is 1. The van der Waals surface area contributed by atoms with E-state index in [0.717, 1.165) is 19.4 Å². The lowest BCUT2D eigenvalue weighted by Gasteiger charge is -2.22. The van der Waals surface area contributed by atoms with E-state index in [1.165, 1.54) is 0 Å². The van der Waals surface area contributed by atoms with Crippen molar-refractivity contribution in [3.63, 3.8) is 0 Å². The normalized spacial score (nSPS) is 13.8. The molecule has 0 aromatic heterocycles. The van der Waals surface area contributed by atoms with Crippen LogP contribution in [-0.2, 0) is 4.79 Å². The van der Waals surface area contributed by atoms with Crippen molar-refractivity contribution in [3.8, 4) is 0 Å². The zero-order valence-corrected chi connectivity index (χ0v) is 10.4.